The van der Waals surface area contributed by atoms with Crippen LogP contribution in [0.15, 0.2) is 11.1 Å². The van der Waals surface area contributed by atoms with E-state index < -0.39 is 47.0 Å². The Kier molecular flexibility index (Phi) is 4.82. The molecule has 0 bridgehead atoms. The molecule has 4 aliphatic rings. The number of ketones is 2. The van der Waals surface area contributed by atoms with Gasteiger partial charge < -0.3 is 14.6 Å². The number of aliphatic hydroxyl groups excluding tert-OH is 1. The summed E-state index contributed by atoms with van der Waals surface area (Å²) in [5, 5.41) is 11.5. The van der Waals surface area contributed by atoms with E-state index in [0.29, 0.717) is 18.4 Å². The summed E-state index contributed by atoms with van der Waals surface area (Å²) in [5.74, 6) is -2.46. The molecule has 7 nitrogen and oxygen atoms in total. The van der Waals surface area contributed by atoms with Crippen LogP contribution in [0.3, 0.4) is 0 Å². The van der Waals surface area contributed by atoms with Crippen molar-refractivity contribution in [2.75, 3.05) is 0 Å². The third-order valence-electron chi connectivity index (χ3n) is 8.38. The van der Waals surface area contributed by atoms with Crippen LogP contribution < -0.4 is 0 Å². The van der Waals surface area contributed by atoms with Gasteiger partial charge in [-0.2, -0.15) is 0 Å². The summed E-state index contributed by atoms with van der Waals surface area (Å²) in [4.78, 5) is 51.7. The van der Waals surface area contributed by atoms with E-state index in [-0.39, 0.29) is 28.5 Å². The molecular formula is C24H32O7. The average molecular weight is 433 g/mol. The van der Waals surface area contributed by atoms with Gasteiger partial charge in [0.25, 0.3) is 0 Å². The predicted molar refractivity (Wildman–Crippen MR) is 110 cm³/mol. The minimum Gasteiger partial charge on any atom is -0.455 e. The van der Waals surface area contributed by atoms with Gasteiger partial charge in [-0.3, -0.25) is 19.2 Å². The third-order valence-corrected chi connectivity index (χ3v) is 8.38. The maximum absolute atomic E-state index is 13.9. The van der Waals surface area contributed by atoms with Crippen molar-refractivity contribution >= 4 is 23.5 Å². The van der Waals surface area contributed by atoms with E-state index in [2.05, 4.69) is 0 Å². The zero-order valence-corrected chi connectivity index (χ0v) is 19.1. The topological polar surface area (TPSA) is 107 Å². The van der Waals surface area contributed by atoms with Crippen molar-refractivity contribution in [3.8, 4) is 0 Å². The number of ether oxygens (including phenoxy) is 2. The molecule has 2 fully saturated rings. The van der Waals surface area contributed by atoms with Gasteiger partial charge >= 0.3 is 11.9 Å². The fourth-order valence-electron chi connectivity index (χ4n) is 7.15. The fraction of sp³-hybridized carbons (Fsp3) is 0.750. The molecule has 4 rings (SSSR count). The molecule has 0 aromatic carbocycles. The Hall–Kier alpha value is -2.02. The van der Waals surface area contributed by atoms with Crippen molar-refractivity contribution in [3.05, 3.63) is 11.1 Å². The van der Waals surface area contributed by atoms with Crippen molar-refractivity contribution in [1.82, 2.24) is 0 Å². The molecule has 0 aromatic heterocycles. The monoisotopic (exact) mass is 432 g/mol. The average Bonchev–Trinajstić information content (AvgIpc) is 3.29. The van der Waals surface area contributed by atoms with Gasteiger partial charge in [-0.1, -0.05) is 34.1 Å². The fourth-order valence-corrected chi connectivity index (χ4v) is 7.15. The number of aliphatic hydroxyl groups is 1. The van der Waals surface area contributed by atoms with E-state index in [1.807, 2.05) is 27.7 Å². The highest BCUT2D eigenvalue weighted by Gasteiger charge is 2.73. The van der Waals surface area contributed by atoms with Crippen LogP contribution >= 0.6 is 0 Å². The molecule has 2 saturated carbocycles. The van der Waals surface area contributed by atoms with Gasteiger partial charge in [-0.15, -0.1) is 0 Å². The maximum atomic E-state index is 13.9. The number of carbonyl (C=O) groups is 4. The van der Waals surface area contributed by atoms with E-state index in [1.165, 1.54) is 13.8 Å². The van der Waals surface area contributed by atoms with Crippen LogP contribution in [0.5, 0.6) is 0 Å². The Labute approximate surface area is 182 Å². The summed E-state index contributed by atoms with van der Waals surface area (Å²) in [6, 6.07) is 0. The van der Waals surface area contributed by atoms with E-state index >= 15 is 0 Å². The largest absolute Gasteiger partial charge is 0.455 e. The third kappa shape index (κ3) is 2.88. The van der Waals surface area contributed by atoms with Crippen LogP contribution in [0, 0.1) is 28.1 Å². The van der Waals surface area contributed by atoms with Crippen molar-refractivity contribution in [1.29, 1.82) is 0 Å². The molecular weight excluding hydrogens is 400 g/mol. The van der Waals surface area contributed by atoms with Crippen LogP contribution in [0.4, 0.5) is 0 Å². The minimum absolute atomic E-state index is 0.122. The Balaban J connectivity index is 1.98. The highest BCUT2D eigenvalue weighted by molar-refractivity contribution is 6.20. The quantitative estimate of drug-likeness (QED) is 0.668. The summed E-state index contributed by atoms with van der Waals surface area (Å²) in [7, 11) is 0. The first-order valence-corrected chi connectivity index (χ1v) is 11.1. The zero-order valence-electron chi connectivity index (χ0n) is 19.1. The molecule has 0 heterocycles. The number of rotatable bonds is 2. The van der Waals surface area contributed by atoms with Crippen LogP contribution in [-0.4, -0.2) is 46.9 Å². The van der Waals surface area contributed by atoms with Crippen molar-refractivity contribution in [2.45, 2.75) is 85.5 Å². The van der Waals surface area contributed by atoms with Gasteiger partial charge in [0.05, 0.1) is 11.5 Å². The molecule has 7 heteroatoms. The molecule has 7 atom stereocenters. The minimum atomic E-state index is -1.19. The van der Waals surface area contributed by atoms with Gasteiger partial charge in [0, 0.05) is 36.3 Å². The van der Waals surface area contributed by atoms with Crippen molar-refractivity contribution < 1.29 is 33.8 Å². The Bertz CT molecular complexity index is 915. The molecule has 0 unspecified atom stereocenters. The van der Waals surface area contributed by atoms with E-state index in [9.17, 15) is 24.3 Å². The maximum Gasteiger partial charge on any atom is 0.303 e. The molecule has 1 N–H and O–H groups in total. The lowest BCUT2D eigenvalue weighted by Gasteiger charge is -2.59. The lowest BCUT2D eigenvalue weighted by Crippen LogP contribution is -2.63. The Morgan fingerprint density at radius 1 is 1.03 bits per heavy atom. The standard InChI is InChI=1S/C24H32O7/c1-11-10-24(11)20(29)14-15(16(27)21(24)31-13(3)26)23(6)9-7-8-22(4,5)19(23)17(28)18(14)30-12(2)25/h11,17-19,21,28H,7-10H2,1-6H3/t11-,17+,18-,19-,21-,23+,24+/m0/s1. The predicted octanol–water partition coefficient (Wildman–Crippen LogP) is 2.53. The second-order valence-electron chi connectivity index (χ2n) is 10.9. The first-order valence-electron chi connectivity index (χ1n) is 11.1. The Morgan fingerprint density at radius 2 is 1.61 bits per heavy atom. The molecule has 0 radical (unpaired) electrons. The summed E-state index contributed by atoms with van der Waals surface area (Å²) < 4.78 is 11.0. The van der Waals surface area contributed by atoms with Gasteiger partial charge in [0.1, 0.15) is 0 Å². The van der Waals surface area contributed by atoms with Crippen LogP contribution in [0.1, 0.15) is 67.2 Å². The van der Waals surface area contributed by atoms with Crippen LogP contribution in [0.2, 0.25) is 0 Å². The number of hydrogen-bond acceptors (Lipinski definition) is 7. The zero-order chi connectivity index (χ0) is 23.1. The first-order chi connectivity index (χ1) is 14.3. The number of hydrogen-bond donors (Lipinski definition) is 1. The Morgan fingerprint density at radius 3 is 2.13 bits per heavy atom. The molecule has 0 saturated heterocycles. The number of fused-ring (bicyclic) bond motifs is 2. The second kappa shape index (κ2) is 6.74. The smallest absolute Gasteiger partial charge is 0.303 e. The van der Waals surface area contributed by atoms with Gasteiger partial charge in [0.15, 0.2) is 18.0 Å². The van der Waals surface area contributed by atoms with Gasteiger partial charge in [-0.25, -0.2) is 0 Å². The summed E-state index contributed by atoms with van der Waals surface area (Å²) >= 11 is 0. The van der Waals surface area contributed by atoms with E-state index in [4.69, 9.17) is 9.47 Å². The highest BCUT2D eigenvalue weighted by Crippen LogP contribution is 2.67. The lowest BCUT2D eigenvalue weighted by atomic mass is 9.46. The molecule has 4 aliphatic carbocycles. The van der Waals surface area contributed by atoms with Crippen LogP contribution in [0.25, 0.3) is 0 Å². The van der Waals surface area contributed by atoms with Crippen molar-refractivity contribution in [2.24, 2.45) is 28.1 Å². The lowest BCUT2D eigenvalue weighted by molar-refractivity contribution is -0.174. The normalized spacial score (nSPS) is 43.3. The van der Waals surface area contributed by atoms with Gasteiger partial charge in [-0.05, 0) is 30.6 Å². The van der Waals surface area contributed by atoms with Gasteiger partial charge in [0.2, 0.25) is 5.78 Å². The molecule has 170 valence electrons. The van der Waals surface area contributed by atoms with Crippen LogP contribution in [-0.2, 0) is 28.7 Å². The number of carbonyl (C=O) groups excluding carboxylic acids is 4. The second-order valence-corrected chi connectivity index (χ2v) is 10.9. The summed E-state index contributed by atoms with van der Waals surface area (Å²) in [6.07, 6.45) is -0.738. The molecule has 0 amide bonds. The first kappa shape index (κ1) is 22.2. The summed E-state index contributed by atoms with van der Waals surface area (Å²) in [6.45, 7) is 10.3. The number of Topliss-reactive ketones (excluding diaryl/α,β-unsaturated/α-hetero) is 2. The molecule has 0 aliphatic heterocycles. The molecule has 0 aromatic rings. The summed E-state index contributed by atoms with van der Waals surface area (Å²) in [5.41, 5.74) is -1.84. The molecule has 31 heavy (non-hydrogen) atoms. The SMILES string of the molecule is CC(=O)O[C@H]1C2=C(C(=O)[C@H](OC(C)=O)[C@@]3(C[C@@H]3C)C2=O)[C@@]2(C)CCCC(C)(C)[C@@H]2[C@@H]1O. The van der Waals surface area contributed by atoms with E-state index in [1.54, 1.807) is 0 Å². The molecule has 1 spiro atoms. The highest BCUT2D eigenvalue weighted by atomic mass is 16.6. The number of esters is 2. The van der Waals surface area contributed by atoms with E-state index in [0.717, 1.165) is 12.8 Å². The van der Waals surface area contributed by atoms with Crippen molar-refractivity contribution in [3.63, 3.8) is 0 Å².